The third-order valence-corrected chi connectivity index (χ3v) is 4.11. The molecule has 1 spiro atoms. The molecule has 3 rings (SSSR count). The van der Waals surface area contributed by atoms with Crippen LogP contribution in [0.2, 0.25) is 0 Å². The van der Waals surface area contributed by atoms with E-state index in [-0.39, 0.29) is 12.0 Å². The molecule has 0 aliphatic carbocycles. The third-order valence-electron chi connectivity index (χ3n) is 4.11. The van der Waals surface area contributed by atoms with Gasteiger partial charge >= 0.3 is 6.09 Å². The van der Waals surface area contributed by atoms with E-state index in [4.69, 9.17) is 4.74 Å². The summed E-state index contributed by atoms with van der Waals surface area (Å²) in [5, 5.41) is 2.72. The van der Waals surface area contributed by atoms with Gasteiger partial charge in [0.05, 0.1) is 6.54 Å². The van der Waals surface area contributed by atoms with Crippen molar-refractivity contribution in [1.82, 2.24) is 15.2 Å². The fraction of sp³-hybridized carbons (Fsp3) is 0.571. The SMILES string of the molecule is Cc1c[nH]c(C(=O)N2CCCC3(CC2)CNC(=O)O3)c1. The van der Waals surface area contributed by atoms with E-state index in [1.54, 1.807) is 0 Å². The van der Waals surface area contributed by atoms with Gasteiger partial charge in [-0.15, -0.1) is 0 Å². The molecule has 1 atom stereocenters. The molecule has 1 aromatic heterocycles. The van der Waals surface area contributed by atoms with Crippen LogP contribution in [0, 0.1) is 6.92 Å². The maximum Gasteiger partial charge on any atom is 0.407 e. The maximum absolute atomic E-state index is 12.4. The van der Waals surface area contributed by atoms with Crippen LogP contribution in [0.1, 0.15) is 35.3 Å². The Kier molecular flexibility index (Phi) is 3.16. The number of nitrogens with zero attached hydrogens (tertiary/aromatic N) is 1. The summed E-state index contributed by atoms with van der Waals surface area (Å²) in [5.41, 5.74) is 1.26. The summed E-state index contributed by atoms with van der Waals surface area (Å²) < 4.78 is 5.41. The average Bonchev–Trinajstić information content (AvgIpc) is 2.93. The number of aryl methyl sites for hydroxylation is 1. The van der Waals surface area contributed by atoms with Crippen molar-refractivity contribution in [3.8, 4) is 0 Å². The van der Waals surface area contributed by atoms with Crippen molar-refractivity contribution in [2.75, 3.05) is 19.6 Å². The highest BCUT2D eigenvalue weighted by Gasteiger charge is 2.41. The molecule has 0 saturated carbocycles. The number of carbonyl (C=O) groups excluding carboxylic acids is 2. The van der Waals surface area contributed by atoms with Crippen LogP contribution < -0.4 is 5.32 Å². The minimum absolute atomic E-state index is 0.0208. The van der Waals surface area contributed by atoms with E-state index >= 15 is 0 Å². The number of hydrogen-bond donors (Lipinski definition) is 2. The number of likely N-dealkylation sites (tertiary alicyclic amines) is 1. The third kappa shape index (κ3) is 2.37. The van der Waals surface area contributed by atoms with Crippen molar-refractivity contribution in [1.29, 1.82) is 0 Å². The minimum Gasteiger partial charge on any atom is -0.441 e. The van der Waals surface area contributed by atoms with Crippen molar-refractivity contribution < 1.29 is 14.3 Å². The van der Waals surface area contributed by atoms with Crippen LogP contribution in [0.25, 0.3) is 0 Å². The zero-order valence-electron chi connectivity index (χ0n) is 11.6. The van der Waals surface area contributed by atoms with Crippen molar-refractivity contribution in [2.45, 2.75) is 31.8 Å². The molecule has 2 aliphatic rings. The number of aromatic amines is 1. The van der Waals surface area contributed by atoms with Crippen LogP contribution in [-0.2, 0) is 4.74 Å². The van der Waals surface area contributed by atoms with E-state index in [9.17, 15) is 9.59 Å². The Hall–Kier alpha value is -1.98. The Morgan fingerprint density at radius 1 is 1.40 bits per heavy atom. The number of carbonyl (C=O) groups is 2. The fourth-order valence-corrected chi connectivity index (χ4v) is 2.95. The first kappa shape index (κ1) is 13.0. The van der Waals surface area contributed by atoms with Gasteiger partial charge in [0.1, 0.15) is 11.3 Å². The zero-order chi connectivity index (χ0) is 14.2. The molecule has 2 N–H and O–H groups in total. The molecule has 2 amide bonds. The van der Waals surface area contributed by atoms with Crippen LogP contribution in [0.4, 0.5) is 4.79 Å². The molecule has 0 bridgehead atoms. The lowest BCUT2D eigenvalue weighted by Crippen LogP contribution is -2.36. The number of aromatic nitrogens is 1. The number of nitrogens with one attached hydrogen (secondary N) is 2. The van der Waals surface area contributed by atoms with E-state index in [0.29, 0.717) is 31.7 Å². The molecule has 2 saturated heterocycles. The van der Waals surface area contributed by atoms with Crippen LogP contribution in [0.3, 0.4) is 0 Å². The van der Waals surface area contributed by atoms with Gasteiger partial charge in [-0.05, 0) is 31.4 Å². The number of ether oxygens (including phenoxy) is 1. The highest BCUT2D eigenvalue weighted by Crippen LogP contribution is 2.29. The summed E-state index contributed by atoms with van der Waals surface area (Å²) in [6.07, 6.45) is 3.83. The first-order valence-electron chi connectivity index (χ1n) is 6.99. The molecule has 2 fully saturated rings. The van der Waals surface area contributed by atoms with E-state index < -0.39 is 5.60 Å². The molecule has 6 heteroatoms. The molecule has 0 radical (unpaired) electrons. The van der Waals surface area contributed by atoms with E-state index in [1.807, 2.05) is 24.1 Å². The van der Waals surface area contributed by atoms with Crippen LogP contribution in [0.5, 0.6) is 0 Å². The standard InChI is InChI=1S/C14H19N3O3/c1-10-7-11(15-8-10)12(18)17-5-2-3-14(4-6-17)9-16-13(19)20-14/h7-8,15H,2-6,9H2,1H3,(H,16,19). The summed E-state index contributed by atoms with van der Waals surface area (Å²) in [4.78, 5) is 28.5. The topological polar surface area (TPSA) is 74.4 Å². The predicted molar refractivity (Wildman–Crippen MR) is 72.5 cm³/mol. The van der Waals surface area contributed by atoms with E-state index in [2.05, 4.69) is 10.3 Å². The van der Waals surface area contributed by atoms with Gasteiger partial charge in [-0.3, -0.25) is 4.79 Å². The average molecular weight is 277 g/mol. The lowest BCUT2D eigenvalue weighted by molar-refractivity contribution is 0.0438. The molecule has 0 aromatic carbocycles. The number of alkyl carbamates (subject to hydrolysis) is 1. The first-order valence-corrected chi connectivity index (χ1v) is 6.99. The van der Waals surface area contributed by atoms with Crippen LogP contribution in [0.15, 0.2) is 12.3 Å². The Morgan fingerprint density at radius 2 is 2.25 bits per heavy atom. The summed E-state index contributed by atoms with van der Waals surface area (Å²) in [7, 11) is 0. The van der Waals surface area contributed by atoms with Gasteiger partial charge in [0, 0.05) is 25.7 Å². The summed E-state index contributed by atoms with van der Waals surface area (Å²) in [5.74, 6) is 0.0208. The molecule has 1 unspecified atom stereocenters. The Morgan fingerprint density at radius 3 is 2.90 bits per heavy atom. The summed E-state index contributed by atoms with van der Waals surface area (Å²) in [6.45, 7) is 3.83. The fourth-order valence-electron chi connectivity index (χ4n) is 2.95. The van der Waals surface area contributed by atoms with Gasteiger partial charge in [0.25, 0.3) is 5.91 Å². The molecule has 6 nitrogen and oxygen atoms in total. The number of amides is 2. The molecule has 1 aromatic rings. The Labute approximate surface area is 117 Å². The normalized spacial score (nSPS) is 26.2. The first-order chi connectivity index (χ1) is 9.58. The molecule has 20 heavy (non-hydrogen) atoms. The van der Waals surface area contributed by atoms with Crippen LogP contribution in [-0.4, -0.2) is 47.1 Å². The van der Waals surface area contributed by atoms with Gasteiger partial charge in [-0.2, -0.15) is 0 Å². The van der Waals surface area contributed by atoms with Crippen molar-refractivity contribution in [3.05, 3.63) is 23.5 Å². The lowest BCUT2D eigenvalue weighted by atomic mass is 9.95. The number of hydrogen-bond acceptors (Lipinski definition) is 3. The zero-order valence-corrected chi connectivity index (χ0v) is 11.6. The second-order valence-electron chi connectivity index (χ2n) is 5.66. The van der Waals surface area contributed by atoms with Gasteiger partial charge in [0.2, 0.25) is 0 Å². The van der Waals surface area contributed by atoms with E-state index in [0.717, 1.165) is 18.4 Å². The maximum atomic E-state index is 12.4. The second kappa shape index (κ2) is 4.85. The minimum atomic E-state index is -0.419. The van der Waals surface area contributed by atoms with Crippen molar-refractivity contribution >= 4 is 12.0 Å². The molecular weight excluding hydrogens is 258 g/mol. The second-order valence-corrected chi connectivity index (χ2v) is 5.66. The number of H-pyrrole nitrogens is 1. The summed E-state index contributed by atoms with van der Waals surface area (Å²) in [6, 6.07) is 1.86. The molecule has 3 heterocycles. The summed E-state index contributed by atoms with van der Waals surface area (Å²) >= 11 is 0. The quantitative estimate of drug-likeness (QED) is 0.815. The van der Waals surface area contributed by atoms with Gasteiger partial charge < -0.3 is 19.9 Å². The van der Waals surface area contributed by atoms with E-state index in [1.165, 1.54) is 0 Å². The van der Waals surface area contributed by atoms with Crippen molar-refractivity contribution in [2.24, 2.45) is 0 Å². The molecule has 2 aliphatic heterocycles. The van der Waals surface area contributed by atoms with Crippen molar-refractivity contribution in [3.63, 3.8) is 0 Å². The monoisotopic (exact) mass is 277 g/mol. The highest BCUT2D eigenvalue weighted by molar-refractivity contribution is 5.92. The van der Waals surface area contributed by atoms with Gasteiger partial charge in [-0.25, -0.2) is 4.79 Å². The largest absolute Gasteiger partial charge is 0.441 e. The lowest BCUT2D eigenvalue weighted by Gasteiger charge is -2.24. The Bertz CT molecular complexity index is 540. The van der Waals surface area contributed by atoms with Gasteiger partial charge in [-0.1, -0.05) is 0 Å². The smallest absolute Gasteiger partial charge is 0.407 e. The van der Waals surface area contributed by atoms with Crippen LogP contribution >= 0.6 is 0 Å². The number of rotatable bonds is 1. The predicted octanol–water partition coefficient (Wildman–Crippen LogP) is 1.43. The molecular formula is C14H19N3O3. The molecule has 108 valence electrons. The highest BCUT2D eigenvalue weighted by atomic mass is 16.6. The van der Waals surface area contributed by atoms with Gasteiger partial charge in [0.15, 0.2) is 0 Å². The Balaban J connectivity index is 1.68.